The zero-order valence-electron chi connectivity index (χ0n) is 11.6. The third-order valence-electron chi connectivity index (χ3n) is 3.69. The molecule has 0 aromatic heterocycles. The number of nitrogens with zero attached hydrogens (tertiary/aromatic N) is 1. The highest BCUT2D eigenvalue weighted by Gasteiger charge is 2.28. The molecule has 2 rings (SSSR count). The molecule has 0 spiro atoms. The third-order valence-corrected chi connectivity index (χ3v) is 3.69. The molecule has 2 unspecified atom stereocenters. The van der Waals surface area contributed by atoms with Crippen molar-refractivity contribution in [2.45, 2.75) is 26.0 Å². The molecule has 1 fully saturated rings. The van der Waals surface area contributed by atoms with Crippen LogP contribution in [0.5, 0.6) is 0 Å². The molecular weight excluding hydrogens is 240 g/mol. The van der Waals surface area contributed by atoms with Crippen LogP contribution in [0.4, 0.5) is 4.79 Å². The number of alkyl carbamates (subject to hydrolysis) is 1. The summed E-state index contributed by atoms with van der Waals surface area (Å²) in [6.45, 7) is 4.93. The molecule has 1 aromatic rings. The maximum absolute atomic E-state index is 11.3. The van der Waals surface area contributed by atoms with E-state index in [1.54, 1.807) is 7.05 Å². The van der Waals surface area contributed by atoms with E-state index in [0.717, 1.165) is 26.1 Å². The monoisotopic (exact) mass is 262 g/mol. The van der Waals surface area contributed by atoms with Crippen molar-refractivity contribution in [1.29, 1.82) is 0 Å². The highest BCUT2D eigenvalue weighted by Crippen LogP contribution is 2.21. The van der Waals surface area contributed by atoms with Crippen molar-refractivity contribution in [3.05, 3.63) is 35.9 Å². The first-order chi connectivity index (χ1) is 9.19. The number of likely N-dealkylation sites (tertiary alicyclic amines) is 1. The Labute approximate surface area is 114 Å². The molecule has 1 amide bonds. The molecular formula is C15H22N2O2. The molecule has 0 radical (unpaired) electrons. The van der Waals surface area contributed by atoms with E-state index in [1.807, 2.05) is 6.07 Å². The fourth-order valence-corrected chi connectivity index (χ4v) is 2.43. The van der Waals surface area contributed by atoms with Crippen molar-refractivity contribution in [3.63, 3.8) is 0 Å². The van der Waals surface area contributed by atoms with Gasteiger partial charge >= 0.3 is 6.09 Å². The van der Waals surface area contributed by atoms with Gasteiger partial charge in [-0.1, -0.05) is 37.3 Å². The average molecular weight is 262 g/mol. The summed E-state index contributed by atoms with van der Waals surface area (Å²) in [5.74, 6) is 0.421. The first-order valence-corrected chi connectivity index (χ1v) is 6.83. The normalized spacial score (nSPS) is 23.9. The lowest BCUT2D eigenvalue weighted by molar-refractivity contribution is 0.00797. The van der Waals surface area contributed by atoms with E-state index in [-0.39, 0.29) is 12.2 Å². The Morgan fingerprint density at radius 2 is 2.16 bits per heavy atom. The standard InChI is InChI=1S/C15H22N2O2/c1-12-8-9-17(10-13-6-4-3-5-7-13)11-14(12)19-15(18)16-2/h3-7,12,14H,8-11H2,1-2H3,(H,16,18). The van der Waals surface area contributed by atoms with Crippen LogP contribution < -0.4 is 5.32 Å². The van der Waals surface area contributed by atoms with Crippen LogP contribution in [-0.4, -0.2) is 37.2 Å². The molecule has 2 atom stereocenters. The predicted octanol–water partition coefficient (Wildman–Crippen LogP) is 2.25. The van der Waals surface area contributed by atoms with Gasteiger partial charge < -0.3 is 10.1 Å². The van der Waals surface area contributed by atoms with E-state index >= 15 is 0 Å². The van der Waals surface area contributed by atoms with E-state index in [4.69, 9.17) is 4.74 Å². The fraction of sp³-hybridized carbons (Fsp3) is 0.533. The highest BCUT2D eigenvalue weighted by atomic mass is 16.6. The number of amides is 1. The lowest BCUT2D eigenvalue weighted by Gasteiger charge is -2.36. The van der Waals surface area contributed by atoms with Gasteiger partial charge in [0.15, 0.2) is 0 Å². The summed E-state index contributed by atoms with van der Waals surface area (Å²) in [5.41, 5.74) is 1.30. The molecule has 0 aliphatic carbocycles. The van der Waals surface area contributed by atoms with E-state index in [1.165, 1.54) is 5.56 Å². The second kappa shape index (κ2) is 6.57. The molecule has 19 heavy (non-hydrogen) atoms. The number of benzene rings is 1. The van der Waals surface area contributed by atoms with Gasteiger partial charge in [0.25, 0.3) is 0 Å². The summed E-state index contributed by atoms with van der Waals surface area (Å²) in [6, 6.07) is 10.4. The number of carbonyl (C=O) groups excluding carboxylic acids is 1. The zero-order valence-corrected chi connectivity index (χ0v) is 11.6. The Balaban J connectivity index is 1.91. The number of ether oxygens (including phenoxy) is 1. The van der Waals surface area contributed by atoms with Crippen LogP contribution in [0, 0.1) is 5.92 Å². The largest absolute Gasteiger partial charge is 0.445 e. The van der Waals surface area contributed by atoms with Gasteiger partial charge in [0.2, 0.25) is 0 Å². The van der Waals surface area contributed by atoms with E-state index in [0.29, 0.717) is 5.92 Å². The Bertz CT molecular complexity index is 408. The number of hydrogen-bond donors (Lipinski definition) is 1. The van der Waals surface area contributed by atoms with Crippen LogP contribution in [0.1, 0.15) is 18.9 Å². The zero-order chi connectivity index (χ0) is 13.7. The van der Waals surface area contributed by atoms with Gasteiger partial charge in [-0.25, -0.2) is 4.79 Å². The molecule has 1 aliphatic rings. The molecule has 1 saturated heterocycles. The third kappa shape index (κ3) is 3.96. The summed E-state index contributed by atoms with van der Waals surface area (Å²) in [4.78, 5) is 13.7. The lowest BCUT2D eigenvalue weighted by Crippen LogP contribution is -2.45. The molecule has 4 nitrogen and oxygen atoms in total. The molecule has 1 heterocycles. The molecule has 0 bridgehead atoms. The van der Waals surface area contributed by atoms with Crippen LogP contribution in [0.25, 0.3) is 0 Å². The van der Waals surface area contributed by atoms with Crippen molar-refractivity contribution in [3.8, 4) is 0 Å². The Hall–Kier alpha value is -1.55. The Morgan fingerprint density at radius 1 is 1.42 bits per heavy atom. The minimum Gasteiger partial charge on any atom is -0.445 e. The van der Waals surface area contributed by atoms with Gasteiger partial charge in [-0.2, -0.15) is 0 Å². The predicted molar refractivity (Wildman–Crippen MR) is 74.8 cm³/mol. The highest BCUT2D eigenvalue weighted by molar-refractivity contribution is 5.66. The molecule has 1 aromatic carbocycles. The van der Waals surface area contributed by atoms with Crippen molar-refractivity contribution in [2.75, 3.05) is 20.1 Å². The second-order valence-electron chi connectivity index (χ2n) is 5.18. The number of carbonyl (C=O) groups is 1. The minimum absolute atomic E-state index is 0.0163. The van der Waals surface area contributed by atoms with E-state index < -0.39 is 0 Å². The lowest BCUT2D eigenvalue weighted by atomic mass is 9.95. The van der Waals surface area contributed by atoms with Gasteiger partial charge in [0.05, 0.1) is 0 Å². The summed E-state index contributed by atoms with van der Waals surface area (Å²) in [7, 11) is 1.59. The number of nitrogens with one attached hydrogen (secondary N) is 1. The second-order valence-corrected chi connectivity index (χ2v) is 5.18. The van der Waals surface area contributed by atoms with Crippen LogP contribution in [0.15, 0.2) is 30.3 Å². The van der Waals surface area contributed by atoms with Crippen LogP contribution in [0.3, 0.4) is 0 Å². The van der Waals surface area contributed by atoms with Crippen molar-refractivity contribution in [2.24, 2.45) is 5.92 Å². The number of rotatable bonds is 3. The van der Waals surface area contributed by atoms with E-state index in [9.17, 15) is 4.79 Å². The van der Waals surface area contributed by atoms with Gasteiger partial charge in [-0.3, -0.25) is 4.90 Å². The first kappa shape index (κ1) is 13.9. The quantitative estimate of drug-likeness (QED) is 0.908. The fourth-order valence-electron chi connectivity index (χ4n) is 2.43. The topological polar surface area (TPSA) is 41.6 Å². The van der Waals surface area contributed by atoms with Gasteiger partial charge in [0, 0.05) is 20.1 Å². The van der Waals surface area contributed by atoms with Crippen LogP contribution >= 0.6 is 0 Å². The molecule has 0 saturated carbocycles. The summed E-state index contributed by atoms with van der Waals surface area (Å²) in [6.07, 6.45) is 0.713. The van der Waals surface area contributed by atoms with Crippen LogP contribution in [-0.2, 0) is 11.3 Å². The smallest absolute Gasteiger partial charge is 0.407 e. The SMILES string of the molecule is CNC(=O)OC1CN(Cc2ccccc2)CCC1C. The summed E-state index contributed by atoms with van der Waals surface area (Å²) >= 11 is 0. The van der Waals surface area contributed by atoms with Crippen molar-refractivity contribution < 1.29 is 9.53 Å². The van der Waals surface area contributed by atoms with Gasteiger partial charge in [-0.05, 0) is 24.4 Å². The number of hydrogen-bond acceptors (Lipinski definition) is 3. The minimum atomic E-state index is -0.335. The van der Waals surface area contributed by atoms with E-state index in [2.05, 4.69) is 41.4 Å². The molecule has 4 heteroatoms. The van der Waals surface area contributed by atoms with Crippen molar-refractivity contribution >= 4 is 6.09 Å². The van der Waals surface area contributed by atoms with Gasteiger partial charge in [-0.15, -0.1) is 0 Å². The average Bonchev–Trinajstić information content (AvgIpc) is 2.43. The molecule has 1 aliphatic heterocycles. The van der Waals surface area contributed by atoms with Gasteiger partial charge in [0.1, 0.15) is 6.10 Å². The first-order valence-electron chi connectivity index (χ1n) is 6.83. The Kier molecular flexibility index (Phi) is 4.80. The molecule has 104 valence electrons. The maximum atomic E-state index is 11.3. The maximum Gasteiger partial charge on any atom is 0.407 e. The summed E-state index contributed by atoms with van der Waals surface area (Å²) in [5, 5.41) is 2.52. The molecule has 1 N–H and O–H groups in total. The number of piperidine rings is 1. The van der Waals surface area contributed by atoms with Crippen LogP contribution in [0.2, 0.25) is 0 Å². The summed E-state index contributed by atoms with van der Waals surface area (Å²) < 4.78 is 5.43. The van der Waals surface area contributed by atoms with Crippen molar-refractivity contribution in [1.82, 2.24) is 10.2 Å². The Morgan fingerprint density at radius 3 is 2.84 bits per heavy atom.